The van der Waals surface area contributed by atoms with Crippen molar-refractivity contribution in [2.24, 2.45) is 0 Å². The molecular formula is C11H8N4OS. The van der Waals surface area contributed by atoms with Gasteiger partial charge in [0.15, 0.2) is 0 Å². The fraction of sp³-hybridized carbons (Fsp3) is 0. The number of nitrogens with zero attached hydrogens (tertiary/aromatic N) is 3. The van der Waals surface area contributed by atoms with Crippen LogP contribution < -0.4 is 5.73 Å². The van der Waals surface area contributed by atoms with Crippen LogP contribution in [0.4, 0.5) is 5.82 Å². The number of anilines is 1. The van der Waals surface area contributed by atoms with Crippen molar-refractivity contribution in [2.75, 3.05) is 5.73 Å². The summed E-state index contributed by atoms with van der Waals surface area (Å²) < 4.78 is 5.15. The lowest BCUT2D eigenvalue weighted by Gasteiger charge is -1.93. The molecule has 0 aromatic carbocycles. The van der Waals surface area contributed by atoms with Crippen LogP contribution in [-0.2, 0) is 0 Å². The molecule has 0 unspecified atom stereocenters. The average molecular weight is 244 g/mol. The van der Waals surface area contributed by atoms with Gasteiger partial charge in [-0.15, -0.1) is 0 Å². The molecular weight excluding hydrogens is 236 g/mol. The Morgan fingerprint density at radius 3 is 2.88 bits per heavy atom. The average Bonchev–Trinajstić information content (AvgIpc) is 3.00. The molecule has 17 heavy (non-hydrogen) atoms. The second kappa shape index (κ2) is 3.99. The topological polar surface area (TPSA) is 77.8 Å². The van der Waals surface area contributed by atoms with E-state index in [0.29, 0.717) is 23.2 Å². The van der Waals surface area contributed by atoms with Crippen LogP contribution in [0.1, 0.15) is 0 Å². The first-order valence-corrected chi connectivity index (χ1v) is 5.86. The second-order valence-corrected chi connectivity index (χ2v) is 4.16. The Labute approximate surface area is 101 Å². The maximum absolute atomic E-state index is 5.60. The van der Waals surface area contributed by atoms with E-state index < -0.39 is 0 Å². The lowest BCUT2D eigenvalue weighted by atomic mass is 10.3. The van der Waals surface area contributed by atoms with Gasteiger partial charge in [0.2, 0.25) is 5.82 Å². The van der Waals surface area contributed by atoms with Gasteiger partial charge in [-0.25, -0.2) is 4.98 Å². The molecule has 3 aromatic rings. The van der Waals surface area contributed by atoms with Crippen molar-refractivity contribution in [1.29, 1.82) is 0 Å². The van der Waals surface area contributed by atoms with Gasteiger partial charge in [-0.1, -0.05) is 11.2 Å². The van der Waals surface area contributed by atoms with E-state index in [1.807, 2.05) is 16.8 Å². The molecule has 5 nitrogen and oxygen atoms in total. The molecule has 3 heterocycles. The highest BCUT2D eigenvalue weighted by Crippen LogP contribution is 2.22. The first kappa shape index (κ1) is 9.98. The summed E-state index contributed by atoms with van der Waals surface area (Å²) in [6.07, 6.45) is 0. The van der Waals surface area contributed by atoms with E-state index >= 15 is 0 Å². The van der Waals surface area contributed by atoms with E-state index in [1.165, 1.54) is 0 Å². The van der Waals surface area contributed by atoms with Crippen molar-refractivity contribution < 1.29 is 4.52 Å². The third-order valence-corrected chi connectivity index (χ3v) is 2.88. The molecule has 0 atom stereocenters. The van der Waals surface area contributed by atoms with Crippen LogP contribution in [0.15, 0.2) is 39.5 Å². The molecule has 0 bridgehead atoms. The molecule has 0 saturated carbocycles. The molecule has 3 aromatic heterocycles. The van der Waals surface area contributed by atoms with E-state index in [-0.39, 0.29) is 0 Å². The molecule has 6 heteroatoms. The van der Waals surface area contributed by atoms with Gasteiger partial charge >= 0.3 is 0 Å². The first-order chi connectivity index (χ1) is 8.33. The zero-order valence-corrected chi connectivity index (χ0v) is 9.52. The summed E-state index contributed by atoms with van der Waals surface area (Å²) in [5.41, 5.74) is 7.12. The summed E-state index contributed by atoms with van der Waals surface area (Å²) in [5.74, 6) is 1.36. The number of nitrogen functional groups attached to an aromatic ring is 1. The van der Waals surface area contributed by atoms with Gasteiger partial charge in [-0.2, -0.15) is 16.3 Å². The number of hydrogen-bond acceptors (Lipinski definition) is 6. The zero-order chi connectivity index (χ0) is 11.7. The SMILES string of the molecule is Nc1cccc(-c2nc(-c3ccsc3)no2)n1. The number of aromatic nitrogens is 3. The van der Waals surface area contributed by atoms with Crippen molar-refractivity contribution >= 4 is 17.2 Å². The Morgan fingerprint density at radius 1 is 1.18 bits per heavy atom. The van der Waals surface area contributed by atoms with Crippen LogP contribution in [0, 0.1) is 0 Å². The maximum atomic E-state index is 5.60. The molecule has 0 aliphatic heterocycles. The van der Waals surface area contributed by atoms with Crippen LogP contribution >= 0.6 is 11.3 Å². The van der Waals surface area contributed by atoms with Crippen LogP contribution in [0.3, 0.4) is 0 Å². The third-order valence-electron chi connectivity index (χ3n) is 2.20. The van der Waals surface area contributed by atoms with Gasteiger partial charge < -0.3 is 10.3 Å². The van der Waals surface area contributed by atoms with Crippen molar-refractivity contribution in [3.8, 4) is 23.0 Å². The highest BCUT2D eigenvalue weighted by atomic mass is 32.1. The minimum atomic E-state index is 0.374. The summed E-state index contributed by atoms with van der Waals surface area (Å²) in [6, 6.07) is 7.22. The number of thiophene rings is 1. The zero-order valence-electron chi connectivity index (χ0n) is 8.70. The summed E-state index contributed by atoms with van der Waals surface area (Å²) in [6.45, 7) is 0. The third kappa shape index (κ3) is 1.90. The predicted molar refractivity (Wildman–Crippen MR) is 65.3 cm³/mol. The standard InChI is InChI=1S/C11H8N4OS/c12-9-3-1-2-8(13-9)11-14-10(15-16-11)7-4-5-17-6-7/h1-6H,(H2,12,13). The highest BCUT2D eigenvalue weighted by molar-refractivity contribution is 7.08. The fourth-order valence-corrected chi connectivity index (χ4v) is 2.04. The van der Waals surface area contributed by atoms with E-state index in [0.717, 1.165) is 5.56 Å². The van der Waals surface area contributed by atoms with Crippen LogP contribution in [0.25, 0.3) is 23.0 Å². The van der Waals surface area contributed by atoms with Gasteiger partial charge in [0, 0.05) is 10.9 Å². The summed E-state index contributed by atoms with van der Waals surface area (Å²) in [5, 5.41) is 7.83. The van der Waals surface area contributed by atoms with Gasteiger partial charge in [0.05, 0.1) is 0 Å². The lowest BCUT2D eigenvalue weighted by molar-refractivity contribution is 0.431. The number of pyridine rings is 1. The molecule has 0 fully saturated rings. The largest absolute Gasteiger partial charge is 0.384 e. The van der Waals surface area contributed by atoms with Gasteiger partial charge in [0.25, 0.3) is 5.89 Å². The smallest absolute Gasteiger partial charge is 0.276 e. The Hall–Kier alpha value is -2.21. The molecule has 0 saturated heterocycles. The van der Waals surface area contributed by atoms with E-state index in [9.17, 15) is 0 Å². The van der Waals surface area contributed by atoms with Gasteiger partial charge in [-0.3, -0.25) is 0 Å². The molecule has 0 aliphatic carbocycles. The van der Waals surface area contributed by atoms with E-state index in [2.05, 4.69) is 15.1 Å². The summed E-state index contributed by atoms with van der Waals surface area (Å²) in [7, 11) is 0. The van der Waals surface area contributed by atoms with Crippen molar-refractivity contribution in [3.05, 3.63) is 35.0 Å². The number of hydrogen-bond donors (Lipinski definition) is 1. The minimum absolute atomic E-state index is 0.374. The molecule has 0 spiro atoms. The van der Waals surface area contributed by atoms with Crippen molar-refractivity contribution in [2.45, 2.75) is 0 Å². The van der Waals surface area contributed by atoms with Crippen LogP contribution in [0.2, 0.25) is 0 Å². The highest BCUT2D eigenvalue weighted by Gasteiger charge is 2.11. The summed E-state index contributed by atoms with van der Waals surface area (Å²) in [4.78, 5) is 8.40. The Kier molecular flexibility index (Phi) is 2.34. The fourth-order valence-electron chi connectivity index (χ4n) is 1.41. The Bertz CT molecular complexity index is 632. The van der Waals surface area contributed by atoms with Gasteiger partial charge in [0.1, 0.15) is 11.5 Å². The van der Waals surface area contributed by atoms with Crippen LogP contribution in [0.5, 0.6) is 0 Å². The normalized spacial score (nSPS) is 10.6. The molecule has 0 aliphatic rings. The molecule has 3 rings (SSSR count). The second-order valence-electron chi connectivity index (χ2n) is 3.38. The van der Waals surface area contributed by atoms with E-state index in [4.69, 9.17) is 10.3 Å². The molecule has 84 valence electrons. The molecule has 2 N–H and O–H groups in total. The monoisotopic (exact) mass is 244 g/mol. The Balaban J connectivity index is 2.01. The van der Waals surface area contributed by atoms with Crippen LogP contribution in [-0.4, -0.2) is 15.1 Å². The van der Waals surface area contributed by atoms with Gasteiger partial charge in [-0.05, 0) is 23.6 Å². The van der Waals surface area contributed by atoms with Crippen molar-refractivity contribution in [3.63, 3.8) is 0 Å². The molecule has 0 amide bonds. The predicted octanol–water partition coefficient (Wildman–Crippen LogP) is 2.44. The van der Waals surface area contributed by atoms with Crippen molar-refractivity contribution in [1.82, 2.24) is 15.1 Å². The minimum Gasteiger partial charge on any atom is -0.384 e. The quantitative estimate of drug-likeness (QED) is 0.749. The Morgan fingerprint density at radius 2 is 2.12 bits per heavy atom. The number of rotatable bonds is 2. The first-order valence-electron chi connectivity index (χ1n) is 4.92. The lowest BCUT2D eigenvalue weighted by Crippen LogP contribution is -1.91. The summed E-state index contributed by atoms with van der Waals surface area (Å²) >= 11 is 1.58. The maximum Gasteiger partial charge on any atom is 0.276 e. The molecule has 0 radical (unpaired) electrons. The van der Waals surface area contributed by atoms with E-state index in [1.54, 1.807) is 29.5 Å². The number of nitrogens with two attached hydrogens (primary N) is 1.